The molecule has 25 heavy (non-hydrogen) atoms. The lowest BCUT2D eigenvalue weighted by Gasteiger charge is -2.14. The maximum Gasteiger partial charge on any atom is 0.407 e. The number of carbonyl (C=O) groups is 3. The Morgan fingerprint density at radius 3 is 2.52 bits per heavy atom. The molecule has 2 atom stereocenters. The van der Waals surface area contributed by atoms with Crippen molar-refractivity contribution in [2.24, 2.45) is 5.73 Å². The summed E-state index contributed by atoms with van der Waals surface area (Å²) in [6, 6.07) is 7.61. The zero-order valence-electron chi connectivity index (χ0n) is 14.2. The predicted molar refractivity (Wildman–Crippen MR) is 91.7 cm³/mol. The lowest BCUT2D eigenvalue weighted by atomic mass is 10.1. The number of benzene rings is 1. The van der Waals surface area contributed by atoms with Crippen molar-refractivity contribution in [1.29, 1.82) is 0 Å². The minimum atomic E-state index is -1.11. The Labute approximate surface area is 146 Å². The second-order valence-corrected chi connectivity index (χ2v) is 5.66. The summed E-state index contributed by atoms with van der Waals surface area (Å²) in [6.07, 6.45) is 1.16. The topological polar surface area (TPSA) is 131 Å². The first-order valence-electron chi connectivity index (χ1n) is 8.13. The van der Waals surface area contributed by atoms with Crippen molar-refractivity contribution in [3.63, 3.8) is 0 Å². The van der Waals surface area contributed by atoms with Crippen LogP contribution in [-0.2, 0) is 20.9 Å². The van der Waals surface area contributed by atoms with E-state index < -0.39 is 30.1 Å². The van der Waals surface area contributed by atoms with E-state index in [1.54, 1.807) is 0 Å². The van der Waals surface area contributed by atoms with E-state index in [0.29, 0.717) is 25.8 Å². The summed E-state index contributed by atoms with van der Waals surface area (Å²) in [7, 11) is 0. The number of hydrogen-bond acceptors (Lipinski definition) is 5. The molecule has 8 heteroatoms. The van der Waals surface area contributed by atoms with Gasteiger partial charge in [0, 0.05) is 6.54 Å². The minimum Gasteiger partial charge on any atom is -0.480 e. The second kappa shape index (κ2) is 11.0. The summed E-state index contributed by atoms with van der Waals surface area (Å²) in [6.45, 7) is 1.99. The minimum absolute atomic E-state index is 0.208. The summed E-state index contributed by atoms with van der Waals surface area (Å²) >= 11 is 0. The predicted octanol–water partition coefficient (Wildman–Crippen LogP) is 1.000. The Balaban J connectivity index is 2.09. The number of carboxylic acids is 1. The van der Waals surface area contributed by atoms with Gasteiger partial charge in [0.25, 0.3) is 0 Å². The molecule has 1 aromatic rings. The number of ether oxygens (including phenoxy) is 1. The number of carboxylic acid groups (broad SMARTS) is 1. The Morgan fingerprint density at radius 1 is 1.20 bits per heavy atom. The first-order chi connectivity index (χ1) is 11.9. The average molecular weight is 351 g/mol. The first kappa shape index (κ1) is 20.4. The summed E-state index contributed by atoms with van der Waals surface area (Å²) in [5, 5.41) is 13.7. The van der Waals surface area contributed by atoms with Crippen LogP contribution in [0, 0.1) is 0 Å². The normalized spacial score (nSPS) is 12.7. The van der Waals surface area contributed by atoms with Crippen LogP contribution in [0.2, 0.25) is 0 Å². The number of nitrogens with one attached hydrogen (secondary N) is 2. The van der Waals surface area contributed by atoms with Crippen LogP contribution in [0.1, 0.15) is 31.7 Å². The monoisotopic (exact) mass is 351 g/mol. The molecule has 0 fully saturated rings. The van der Waals surface area contributed by atoms with Gasteiger partial charge in [0.2, 0.25) is 5.91 Å². The van der Waals surface area contributed by atoms with Gasteiger partial charge in [-0.2, -0.15) is 0 Å². The molecule has 5 N–H and O–H groups in total. The fourth-order valence-electron chi connectivity index (χ4n) is 1.97. The third-order valence-electron chi connectivity index (χ3n) is 3.49. The number of hydrogen-bond donors (Lipinski definition) is 4. The highest BCUT2D eigenvalue weighted by molar-refractivity contribution is 5.86. The molecule has 0 saturated carbocycles. The van der Waals surface area contributed by atoms with E-state index in [2.05, 4.69) is 10.6 Å². The van der Waals surface area contributed by atoms with E-state index in [1.807, 2.05) is 30.3 Å². The van der Waals surface area contributed by atoms with Crippen LogP contribution in [0.3, 0.4) is 0 Å². The van der Waals surface area contributed by atoms with Crippen molar-refractivity contribution in [3.05, 3.63) is 35.9 Å². The number of amides is 2. The van der Waals surface area contributed by atoms with Crippen molar-refractivity contribution in [2.45, 2.75) is 44.9 Å². The zero-order chi connectivity index (χ0) is 18.7. The van der Waals surface area contributed by atoms with Crippen LogP contribution in [0.15, 0.2) is 30.3 Å². The molecule has 0 radical (unpaired) electrons. The van der Waals surface area contributed by atoms with E-state index in [1.165, 1.54) is 6.92 Å². The molecule has 8 nitrogen and oxygen atoms in total. The van der Waals surface area contributed by atoms with Gasteiger partial charge in [-0.3, -0.25) is 9.59 Å². The van der Waals surface area contributed by atoms with Crippen molar-refractivity contribution in [2.75, 3.05) is 6.54 Å². The summed E-state index contributed by atoms with van der Waals surface area (Å²) in [5.41, 5.74) is 6.61. The highest BCUT2D eigenvalue weighted by Gasteiger charge is 2.18. The zero-order valence-corrected chi connectivity index (χ0v) is 14.2. The maximum absolute atomic E-state index is 11.7. The Kier molecular flexibility index (Phi) is 9.02. The number of rotatable bonds is 10. The molecule has 0 aliphatic carbocycles. The van der Waals surface area contributed by atoms with Gasteiger partial charge in [-0.15, -0.1) is 0 Å². The molecule has 1 aromatic carbocycles. The number of unbranched alkanes of at least 4 members (excludes halogenated alkanes) is 1. The Bertz CT molecular complexity index is 565. The Hall–Kier alpha value is -2.61. The highest BCUT2D eigenvalue weighted by atomic mass is 16.5. The van der Waals surface area contributed by atoms with E-state index >= 15 is 0 Å². The third kappa shape index (κ3) is 8.71. The van der Waals surface area contributed by atoms with Gasteiger partial charge in [0.1, 0.15) is 12.6 Å². The lowest BCUT2D eigenvalue weighted by Crippen LogP contribution is -2.47. The molecule has 0 bridgehead atoms. The molecule has 0 aromatic heterocycles. The molecule has 0 saturated heterocycles. The van der Waals surface area contributed by atoms with E-state index in [4.69, 9.17) is 15.6 Å². The number of carbonyl (C=O) groups excluding carboxylic acids is 2. The fraction of sp³-hybridized carbons (Fsp3) is 0.471. The summed E-state index contributed by atoms with van der Waals surface area (Å²) < 4.78 is 5.07. The van der Waals surface area contributed by atoms with Crippen LogP contribution >= 0.6 is 0 Å². The van der Waals surface area contributed by atoms with Crippen molar-refractivity contribution < 1.29 is 24.2 Å². The molecule has 2 amide bonds. The van der Waals surface area contributed by atoms with Gasteiger partial charge < -0.3 is 26.2 Å². The standard InChI is InChI=1S/C17H25N3O5/c1-12(16(22)23)20-15(21)14(18)9-5-6-10-19-17(24)25-11-13-7-3-2-4-8-13/h2-4,7-8,12,14H,5-6,9-11,18H2,1H3,(H,19,24)(H,20,21)(H,22,23)/t12-,14+/m1/s1. The third-order valence-corrected chi connectivity index (χ3v) is 3.49. The van der Waals surface area contributed by atoms with Gasteiger partial charge in [0.05, 0.1) is 6.04 Å². The van der Waals surface area contributed by atoms with Crippen LogP contribution < -0.4 is 16.4 Å². The quantitative estimate of drug-likeness (QED) is 0.465. The second-order valence-electron chi connectivity index (χ2n) is 5.66. The molecule has 0 heterocycles. The van der Waals surface area contributed by atoms with Gasteiger partial charge >= 0.3 is 12.1 Å². The maximum atomic E-state index is 11.7. The highest BCUT2D eigenvalue weighted by Crippen LogP contribution is 2.02. The summed E-state index contributed by atoms with van der Waals surface area (Å²) in [5.74, 6) is -1.61. The first-order valence-corrected chi connectivity index (χ1v) is 8.13. The fourth-order valence-corrected chi connectivity index (χ4v) is 1.97. The van der Waals surface area contributed by atoms with E-state index in [0.717, 1.165) is 5.56 Å². The van der Waals surface area contributed by atoms with Crippen molar-refractivity contribution in [1.82, 2.24) is 10.6 Å². The number of nitrogens with two attached hydrogens (primary N) is 1. The van der Waals surface area contributed by atoms with Crippen LogP contribution in [0.4, 0.5) is 4.79 Å². The van der Waals surface area contributed by atoms with Gasteiger partial charge in [-0.05, 0) is 31.7 Å². The molecule has 0 unspecified atom stereocenters. The van der Waals surface area contributed by atoms with E-state index in [9.17, 15) is 14.4 Å². The molecule has 138 valence electrons. The average Bonchev–Trinajstić information content (AvgIpc) is 2.60. The van der Waals surface area contributed by atoms with Crippen LogP contribution in [-0.4, -0.2) is 41.7 Å². The summed E-state index contributed by atoms with van der Waals surface area (Å²) in [4.78, 5) is 33.8. The molecule has 0 spiro atoms. The molecular weight excluding hydrogens is 326 g/mol. The van der Waals surface area contributed by atoms with Crippen LogP contribution in [0.5, 0.6) is 0 Å². The molecule has 0 aliphatic heterocycles. The van der Waals surface area contributed by atoms with Crippen molar-refractivity contribution >= 4 is 18.0 Å². The van der Waals surface area contributed by atoms with Gasteiger partial charge in [-0.25, -0.2) is 4.79 Å². The number of alkyl carbamates (subject to hydrolysis) is 1. The van der Waals surface area contributed by atoms with Crippen molar-refractivity contribution in [3.8, 4) is 0 Å². The number of aliphatic carboxylic acids is 1. The lowest BCUT2D eigenvalue weighted by molar-refractivity contribution is -0.141. The largest absolute Gasteiger partial charge is 0.480 e. The SMILES string of the molecule is C[C@@H](NC(=O)[C@@H](N)CCCCNC(=O)OCc1ccccc1)C(=O)O. The molecule has 1 rings (SSSR count). The molecular formula is C17H25N3O5. The van der Waals surface area contributed by atoms with Gasteiger partial charge in [0.15, 0.2) is 0 Å². The van der Waals surface area contributed by atoms with Gasteiger partial charge in [-0.1, -0.05) is 30.3 Å². The Morgan fingerprint density at radius 2 is 1.88 bits per heavy atom. The van der Waals surface area contributed by atoms with Crippen LogP contribution in [0.25, 0.3) is 0 Å². The smallest absolute Gasteiger partial charge is 0.407 e. The molecule has 0 aliphatic rings. The van der Waals surface area contributed by atoms with E-state index in [-0.39, 0.29) is 6.61 Å².